The van der Waals surface area contributed by atoms with Gasteiger partial charge in [-0.1, -0.05) is 20.8 Å². The fourth-order valence-electron chi connectivity index (χ4n) is 1.64. The first-order valence-corrected chi connectivity index (χ1v) is 5.83. The van der Waals surface area contributed by atoms with Gasteiger partial charge in [-0.25, -0.2) is 0 Å². The summed E-state index contributed by atoms with van der Waals surface area (Å²) in [5.41, 5.74) is 0.181. The van der Waals surface area contributed by atoms with Crippen LogP contribution in [0.25, 0.3) is 0 Å². The number of carbonyl (C=O) groups is 1. The molecule has 4 heteroatoms. The van der Waals surface area contributed by atoms with Gasteiger partial charge in [-0.05, 0) is 30.7 Å². The lowest BCUT2D eigenvalue weighted by Crippen LogP contribution is -2.40. The SMILES string of the molecule is CN(CC(C)(C)C)C(=O)CNCC1CC1.Cl. The van der Waals surface area contributed by atoms with Gasteiger partial charge in [-0.15, -0.1) is 12.4 Å². The van der Waals surface area contributed by atoms with Gasteiger partial charge < -0.3 is 10.2 Å². The van der Waals surface area contributed by atoms with Gasteiger partial charge in [-0.3, -0.25) is 4.79 Å². The quantitative estimate of drug-likeness (QED) is 0.806. The number of nitrogens with one attached hydrogen (secondary N) is 1. The molecular weight excluding hydrogens is 224 g/mol. The van der Waals surface area contributed by atoms with Crippen molar-refractivity contribution >= 4 is 18.3 Å². The number of carbonyl (C=O) groups excluding carboxylic acids is 1. The van der Waals surface area contributed by atoms with Gasteiger partial charge in [0.2, 0.25) is 5.91 Å². The normalized spacial score (nSPS) is 15.5. The fourth-order valence-corrected chi connectivity index (χ4v) is 1.64. The van der Waals surface area contributed by atoms with Crippen molar-refractivity contribution in [3.05, 3.63) is 0 Å². The molecule has 0 atom stereocenters. The summed E-state index contributed by atoms with van der Waals surface area (Å²) in [4.78, 5) is 13.5. The zero-order chi connectivity index (χ0) is 11.5. The van der Waals surface area contributed by atoms with Gasteiger partial charge in [0, 0.05) is 13.6 Å². The third kappa shape index (κ3) is 7.07. The summed E-state index contributed by atoms with van der Waals surface area (Å²) in [6.45, 7) is 8.76. The Morgan fingerprint density at radius 3 is 2.38 bits per heavy atom. The highest BCUT2D eigenvalue weighted by Gasteiger charge is 2.21. The molecule has 16 heavy (non-hydrogen) atoms. The molecule has 0 bridgehead atoms. The third-order valence-corrected chi connectivity index (χ3v) is 2.54. The molecule has 0 aromatic rings. The number of halogens is 1. The van der Waals surface area contributed by atoms with Crippen LogP contribution in [0.1, 0.15) is 33.6 Å². The molecule has 1 rings (SSSR count). The van der Waals surface area contributed by atoms with Gasteiger partial charge in [0.15, 0.2) is 0 Å². The van der Waals surface area contributed by atoms with Crippen LogP contribution >= 0.6 is 12.4 Å². The molecule has 1 N–H and O–H groups in total. The molecule has 1 aliphatic carbocycles. The highest BCUT2D eigenvalue weighted by molar-refractivity contribution is 5.85. The Balaban J connectivity index is 0.00000225. The Kier molecular flexibility index (Phi) is 6.34. The average molecular weight is 249 g/mol. The van der Waals surface area contributed by atoms with E-state index in [-0.39, 0.29) is 23.7 Å². The Hall–Kier alpha value is -0.280. The van der Waals surface area contributed by atoms with E-state index in [2.05, 4.69) is 26.1 Å². The van der Waals surface area contributed by atoms with Crippen molar-refractivity contribution in [3.8, 4) is 0 Å². The molecule has 1 saturated carbocycles. The summed E-state index contributed by atoms with van der Waals surface area (Å²) >= 11 is 0. The van der Waals surface area contributed by atoms with Crippen molar-refractivity contribution in [2.24, 2.45) is 11.3 Å². The van der Waals surface area contributed by atoms with Crippen molar-refractivity contribution in [2.45, 2.75) is 33.6 Å². The minimum atomic E-state index is 0. The summed E-state index contributed by atoms with van der Waals surface area (Å²) in [6.07, 6.45) is 2.66. The maximum Gasteiger partial charge on any atom is 0.236 e. The minimum Gasteiger partial charge on any atom is -0.344 e. The van der Waals surface area contributed by atoms with Crippen LogP contribution in [0, 0.1) is 11.3 Å². The molecule has 0 aliphatic heterocycles. The van der Waals surface area contributed by atoms with Gasteiger partial charge in [0.25, 0.3) is 0 Å². The molecule has 3 nitrogen and oxygen atoms in total. The second kappa shape index (κ2) is 6.45. The van der Waals surface area contributed by atoms with E-state index >= 15 is 0 Å². The molecule has 1 amide bonds. The molecule has 1 fully saturated rings. The molecule has 0 saturated heterocycles. The zero-order valence-electron chi connectivity index (χ0n) is 10.9. The van der Waals surface area contributed by atoms with Crippen LogP contribution in [0.4, 0.5) is 0 Å². The van der Waals surface area contributed by atoms with Gasteiger partial charge in [0.05, 0.1) is 6.54 Å². The summed E-state index contributed by atoms with van der Waals surface area (Å²) < 4.78 is 0. The summed E-state index contributed by atoms with van der Waals surface area (Å²) in [5.74, 6) is 1.04. The van der Waals surface area contributed by atoms with E-state index in [1.165, 1.54) is 12.8 Å². The smallest absolute Gasteiger partial charge is 0.236 e. The van der Waals surface area contributed by atoms with E-state index in [4.69, 9.17) is 0 Å². The number of hydrogen-bond acceptors (Lipinski definition) is 2. The number of hydrogen-bond donors (Lipinski definition) is 1. The second-order valence-electron chi connectivity index (χ2n) is 5.88. The lowest BCUT2D eigenvalue weighted by Gasteiger charge is -2.26. The highest BCUT2D eigenvalue weighted by atomic mass is 35.5. The topological polar surface area (TPSA) is 32.3 Å². The molecule has 0 unspecified atom stereocenters. The Morgan fingerprint density at radius 1 is 1.38 bits per heavy atom. The van der Waals surface area contributed by atoms with Gasteiger partial charge in [-0.2, -0.15) is 0 Å². The second-order valence-corrected chi connectivity index (χ2v) is 5.88. The zero-order valence-corrected chi connectivity index (χ0v) is 11.7. The van der Waals surface area contributed by atoms with Crippen LogP contribution in [-0.2, 0) is 4.79 Å². The predicted molar refractivity (Wildman–Crippen MR) is 69.9 cm³/mol. The Bertz CT molecular complexity index is 222. The first-order valence-electron chi connectivity index (χ1n) is 5.83. The Morgan fingerprint density at radius 2 is 1.94 bits per heavy atom. The largest absolute Gasteiger partial charge is 0.344 e. The van der Waals surface area contributed by atoms with Crippen LogP contribution in [0.15, 0.2) is 0 Å². The predicted octanol–water partition coefficient (Wildman–Crippen LogP) is 1.91. The maximum atomic E-state index is 11.7. The monoisotopic (exact) mass is 248 g/mol. The third-order valence-electron chi connectivity index (χ3n) is 2.54. The van der Waals surface area contributed by atoms with Crippen LogP contribution in [0.3, 0.4) is 0 Å². The van der Waals surface area contributed by atoms with Crippen molar-refractivity contribution in [1.82, 2.24) is 10.2 Å². The van der Waals surface area contributed by atoms with Crippen LogP contribution in [0.5, 0.6) is 0 Å². The van der Waals surface area contributed by atoms with Crippen LogP contribution < -0.4 is 5.32 Å². The van der Waals surface area contributed by atoms with E-state index in [1.807, 2.05) is 11.9 Å². The van der Waals surface area contributed by atoms with E-state index in [1.54, 1.807) is 0 Å². The van der Waals surface area contributed by atoms with E-state index in [0.29, 0.717) is 6.54 Å². The fraction of sp³-hybridized carbons (Fsp3) is 0.917. The molecule has 1 aliphatic rings. The minimum absolute atomic E-state index is 0. The summed E-state index contributed by atoms with van der Waals surface area (Å²) in [6, 6.07) is 0. The van der Waals surface area contributed by atoms with E-state index in [0.717, 1.165) is 19.0 Å². The van der Waals surface area contributed by atoms with Crippen molar-refractivity contribution in [3.63, 3.8) is 0 Å². The standard InChI is InChI=1S/C12H24N2O.ClH/c1-12(2,3)9-14(4)11(15)8-13-7-10-5-6-10;/h10,13H,5-9H2,1-4H3;1H. The molecule has 0 aromatic heterocycles. The number of rotatable bonds is 5. The molecule has 0 heterocycles. The number of likely N-dealkylation sites (N-methyl/N-ethyl adjacent to an activating group) is 1. The first-order chi connectivity index (χ1) is 6.88. The summed E-state index contributed by atoms with van der Waals surface area (Å²) in [5, 5.41) is 3.22. The molecule has 0 aromatic carbocycles. The number of nitrogens with zero attached hydrogens (tertiary/aromatic N) is 1. The van der Waals surface area contributed by atoms with Gasteiger partial charge in [0.1, 0.15) is 0 Å². The van der Waals surface area contributed by atoms with Crippen molar-refractivity contribution < 1.29 is 4.79 Å². The first kappa shape index (κ1) is 15.7. The number of amides is 1. The highest BCUT2D eigenvalue weighted by Crippen LogP contribution is 2.27. The van der Waals surface area contributed by atoms with Crippen LogP contribution in [-0.4, -0.2) is 37.5 Å². The molecule has 0 spiro atoms. The van der Waals surface area contributed by atoms with Crippen LogP contribution in [0.2, 0.25) is 0 Å². The van der Waals surface area contributed by atoms with Crippen molar-refractivity contribution in [1.29, 1.82) is 0 Å². The Labute approximate surface area is 105 Å². The summed E-state index contributed by atoms with van der Waals surface area (Å²) in [7, 11) is 1.88. The average Bonchev–Trinajstić information content (AvgIpc) is 2.84. The molecule has 0 radical (unpaired) electrons. The lowest BCUT2D eigenvalue weighted by atomic mass is 9.96. The maximum absolute atomic E-state index is 11.7. The molecule has 96 valence electrons. The lowest BCUT2D eigenvalue weighted by molar-refractivity contribution is -0.130. The van der Waals surface area contributed by atoms with Gasteiger partial charge >= 0.3 is 0 Å². The van der Waals surface area contributed by atoms with E-state index in [9.17, 15) is 4.79 Å². The van der Waals surface area contributed by atoms with Crippen molar-refractivity contribution in [2.75, 3.05) is 26.7 Å². The van der Waals surface area contributed by atoms with E-state index < -0.39 is 0 Å². The molecular formula is C12H25ClN2O.